The number of aryl methyl sites for hydroxylation is 1. The summed E-state index contributed by atoms with van der Waals surface area (Å²) in [7, 11) is 0. The van der Waals surface area contributed by atoms with Gasteiger partial charge in [-0.1, -0.05) is 18.2 Å². The zero-order valence-electron chi connectivity index (χ0n) is 14.7. The molecular formula is C20H20F2N2O2. The smallest absolute Gasteiger partial charge is 0.232 e. The Balaban J connectivity index is 1.84. The van der Waals surface area contributed by atoms with Crippen LogP contribution >= 0.6 is 0 Å². The molecular weight excluding hydrogens is 338 g/mol. The van der Waals surface area contributed by atoms with E-state index < -0.39 is 23.5 Å². The van der Waals surface area contributed by atoms with Crippen molar-refractivity contribution in [3.8, 4) is 0 Å². The largest absolute Gasteiger partial charge is 0.312 e. The molecule has 1 fully saturated rings. The minimum Gasteiger partial charge on any atom is -0.312 e. The van der Waals surface area contributed by atoms with E-state index in [1.54, 1.807) is 4.90 Å². The highest BCUT2D eigenvalue weighted by atomic mass is 19.1. The molecule has 0 saturated carbocycles. The number of carbonyl (C=O) groups excluding carboxylic acids is 2. The van der Waals surface area contributed by atoms with Crippen LogP contribution in [-0.4, -0.2) is 24.9 Å². The molecule has 6 heteroatoms. The zero-order valence-corrected chi connectivity index (χ0v) is 14.7. The summed E-state index contributed by atoms with van der Waals surface area (Å²) >= 11 is 0. The molecule has 3 rings (SSSR count). The minimum absolute atomic E-state index is 0.0299. The number of hydrogen-bond acceptors (Lipinski definition) is 2. The van der Waals surface area contributed by atoms with Crippen LogP contribution in [0.4, 0.5) is 20.2 Å². The molecule has 1 aliphatic rings. The molecule has 1 atom stereocenters. The number of nitrogens with zero attached hydrogens (tertiary/aromatic N) is 2. The molecule has 0 aliphatic carbocycles. The van der Waals surface area contributed by atoms with E-state index in [1.165, 1.54) is 6.07 Å². The Morgan fingerprint density at radius 3 is 2.46 bits per heavy atom. The Morgan fingerprint density at radius 1 is 1.19 bits per heavy atom. The Kier molecular flexibility index (Phi) is 5.02. The molecule has 136 valence electrons. The van der Waals surface area contributed by atoms with Crippen LogP contribution in [0.1, 0.15) is 18.9 Å². The number of benzene rings is 2. The summed E-state index contributed by atoms with van der Waals surface area (Å²) in [6, 6.07) is 11.0. The Hall–Kier alpha value is -2.76. The molecule has 0 N–H and O–H groups in total. The van der Waals surface area contributed by atoms with Crippen LogP contribution in [0.2, 0.25) is 0 Å². The number of carbonyl (C=O) groups is 2. The van der Waals surface area contributed by atoms with E-state index in [-0.39, 0.29) is 24.6 Å². The van der Waals surface area contributed by atoms with Crippen molar-refractivity contribution >= 4 is 23.2 Å². The number of para-hydroxylation sites is 1. The monoisotopic (exact) mass is 358 g/mol. The molecule has 1 heterocycles. The fraction of sp³-hybridized carbons (Fsp3) is 0.300. The Labute approximate surface area is 151 Å². The van der Waals surface area contributed by atoms with E-state index in [0.717, 1.165) is 28.3 Å². The predicted octanol–water partition coefficient (Wildman–Crippen LogP) is 3.68. The lowest BCUT2D eigenvalue weighted by Gasteiger charge is -2.25. The van der Waals surface area contributed by atoms with Crippen molar-refractivity contribution in [2.75, 3.05) is 22.9 Å². The molecule has 2 aromatic carbocycles. The highest BCUT2D eigenvalue weighted by Crippen LogP contribution is 2.31. The molecule has 4 nitrogen and oxygen atoms in total. The van der Waals surface area contributed by atoms with E-state index >= 15 is 0 Å². The second-order valence-electron chi connectivity index (χ2n) is 6.40. The third-order valence-electron chi connectivity index (χ3n) is 4.58. The molecule has 0 aromatic heterocycles. The van der Waals surface area contributed by atoms with Gasteiger partial charge >= 0.3 is 0 Å². The Morgan fingerprint density at radius 2 is 1.85 bits per heavy atom. The quantitative estimate of drug-likeness (QED) is 0.837. The molecule has 0 radical (unpaired) electrons. The molecule has 1 aliphatic heterocycles. The van der Waals surface area contributed by atoms with Crippen molar-refractivity contribution in [3.63, 3.8) is 0 Å². The van der Waals surface area contributed by atoms with Gasteiger partial charge in [0.2, 0.25) is 11.8 Å². The van der Waals surface area contributed by atoms with Crippen molar-refractivity contribution in [2.24, 2.45) is 5.92 Å². The standard InChI is InChI=1S/C20H20F2N2O2/c1-3-23(15-7-4-6-13(2)10-15)20(26)14-11-18(25)24(12-14)19-16(21)8-5-9-17(19)22/h4-10,14H,3,11-12H2,1-2H3. The lowest BCUT2D eigenvalue weighted by Crippen LogP contribution is -2.37. The maximum absolute atomic E-state index is 14.0. The normalized spacial score (nSPS) is 16.8. The van der Waals surface area contributed by atoms with Gasteiger partial charge in [0.15, 0.2) is 0 Å². The first kappa shape index (κ1) is 18.0. The zero-order chi connectivity index (χ0) is 18.8. The van der Waals surface area contributed by atoms with Gasteiger partial charge in [-0.2, -0.15) is 0 Å². The average Bonchev–Trinajstić information content (AvgIpc) is 2.97. The van der Waals surface area contributed by atoms with E-state index in [1.807, 2.05) is 38.1 Å². The number of anilines is 2. The maximum atomic E-state index is 14.0. The van der Waals surface area contributed by atoms with Crippen molar-refractivity contribution in [3.05, 3.63) is 59.7 Å². The van der Waals surface area contributed by atoms with Crippen LogP contribution in [0.5, 0.6) is 0 Å². The van der Waals surface area contributed by atoms with Crippen LogP contribution in [0.15, 0.2) is 42.5 Å². The van der Waals surface area contributed by atoms with Crippen LogP contribution in [0, 0.1) is 24.5 Å². The highest BCUT2D eigenvalue weighted by molar-refractivity contribution is 6.04. The van der Waals surface area contributed by atoms with Crippen LogP contribution < -0.4 is 9.80 Å². The van der Waals surface area contributed by atoms with Gasteiger partial charge in [-0.15, -0.1) is 0 Å². The van der Waals surface area contributed by atoms with Gasteiger partial charge in [0.05, 0.1) is 5.92 Å². The van der Waals surface area contributed by atoms with Crippen molar-refractivity contribution in [1.82, 2.24) is 0 Å². The van der Waals surface area contributed by atoms with E-state index in [4.69, 9.17) is 0 Å². The summed E-state index contributed by atoms with van der Waals surface area (Å²) in [6.45, 7) is 4.20. The van der Waals surface area contributed by atoms with Gasteiger partial charge < -0.3 is 9.80 Å². The minimum atomic E-state index is -0.808. The van der Waals surface area contributed by atoms with Crippen molar-refractivity contribution in [2.45, 2.75) is 20.3 Å². The number of rotatable bonds is 4. The van der Waals surface area contributed by atoms with Crippen LogP contribution in [0.3, 0.4) is 0 Å². The fourth-order valence-electron chi connectivity index (χ4n) is 3.32. The molecule has 26 heavy (non-hydrogen) atoms. The van der Waals surface area contributed by atoms with Gasteiger partial charge in [-0.25, -0.2) is 8.78 Å². The van der Waals surface area contributed by atoms with Gasteiger partial charge in [0, 0.05) is 25.2 Å². The first-order valence-corrected chi connectivity index (χ1v) is 8.54. The second kappa shape index (κ2) is 7.23. The predicted molar refractivity (Wildman–Crippen MR) is 96.0 cm³/mol. The molecule has 2 aromatic rings. The first-order valence-electron chi connectivity index (χ1n) is 8.54. The number of hydrogen-bond donors (Lipinski definition) is 0. The van der Waals surface area contributed by atoms with Crippen LogP contribution in [-0.2, 0) is 9.59 Å². The molecule has 1 saturated heterocycles. The van der Waals surface area contributed by atoms with Crippen molar-refractivity contribution in [1.29, 1.82) is 0 Å². The van der Waals surface area contributed by atoms with E-state index in [9.17, 15) is 18.4 Å². The van der Waals surface area contributed by atoms with E-state index in [0.29, 0.717) is 6.54 Å². The summed E-state index contributed by atoms with van der Waals surface area (Å²) in [6.07, 6.45) is -0.0606. The Bertz CT molecular complexity index is 833. The summed E-state index contributed by atoms with van der Waals surface area (Å²) < 4.78 is 28.0. The van der Waals surface area contributed by atoms with Crippen molar-refractivity contribution < 1.29 is 18.4 Å². The lowest BCUT2D eigenvalue weighted by molar-refractivity contribution is -0.124. The van der Waals surface area contributed by atoms with Crippen LogP contribution in [0.25, 0.3) is 0 Å². The third-order valence-corrected chi connectivity index (χ3v) is 4.58. The molecule has 1 unspecified atom stereocenters. The molecule has 0 spiro atoms. The summed E-state index contributed by atoms with van der Waals surface area (Å²) in [5, 5.41) is 0. The first-order chi connectivity index (χ1) is 12.4. The topological polar surface area (TPSA) is 40.6 Å². The van der Waals surface area contributed by atoms with Gasteiger partial charge in [-0.05, 0) is 43.7 Å². The SMILES string of the molecule is CCN(C(=O)C1CC(=O)N(c2c(F)cccc2F)C1)c1cccc(C)c1. The average molecular weight is 358 g/mol. The van der Waals surface area contributed by atoms with E-state index in [2.05, 4.69) is 0 Å². The van der Waals surface area contributed by atoms with Gasteiger partial charge in [0.25, 0.3) is 0 Å². The maximum Gasteiger partial charge on any atom is 0.232 e. The number of halogens is 2. The summed E-state index contributed by atoms with van der Waals surface area (Å²) in [4.78, 5) is 27.9. The third kappa shape index (κ3) is 3.31. The lowest BCUT2D eigenvalue weighted by atomic mass is 10.1. The van der Waals surface area contributed by atoms with Gasteiger partial charge in [0.1, 0.15) is 17.3 Å². The fourth-order valence-corrected chi connectivity index (χ4v) is 3.32. The summed E-state index contributed by atoms with van der Waals surface area (Å²) in [5.74, 6) is -2.92. The number of amides is 2. The highest BCUT2D eigenvalue weighted by Gasteiger charge is 2.39. The molecule has 2 amide bonds. The molecule has 0 bridgehead atoms. The second-order valence-corrected chi connectivity index (χ2v) is 6.40. The summed E-state index contributed by atoms with van der Waals surface area (Å²) in [5.41, 5.74) is 1.39. The van der Waals surface area contributed by atoms with Gasteiger partial charge in [-0.3, -0.25) is 9.59 Å².